The molecule has 56 valence electrons. The first-order valence-electron chi connectivity index (χ1n) is 3.37. The fourth-order valence-electron chi connectivity index (χ4n) is 1.12. The van der Waals surface area contributed by atoms with Crippen LogP contribution in [0.5, 0.6) is 0 Å². The summed E-state index contributed by atoms with van der Waals surface area (Å²) in [7, 11) is 0. The van der Waals surface area contributed by atoms with Crippen LogP contribution in [0.4, 0.5) is 5.00 Å². The lowest BCUT2D eigenvalue weighted by molar-refractivity contribution is 1.32. The van der Waals surface area contributed by atoms with E-state index in [0.717, 1.165) is 5.00 Å². The van der Waals surface area contributed by atoms with Gasteiger partial charge in [-0.05, 0) is 18.6 Å². The average Bonchev–Trinajstić information content (AvgIpc) is 2.31. The molecule has 0 atom stereocenters. The van der Waals surface area contributed by atoms with E-state index in [9.17, 15) is 0 Å². The van der Waals surface area contributed by atoms with Gasteiger partial charge in [0.25, 0.3) is 0 Å². The quantitative estimate of drug-likeness (QED) is 0.648. The average molecular weight is 164 g/mol. The highest BCUT2D eigenvalue weighted by Gasteiger charge is 2.00. The molecule has 2 rings (SSSR count). The Balaban J connectivity index is 2.90. The van der Waals surface area contributed by atoms with Gasteiger partial charge in [0.1, 0.15) is 0 Å². The molecule has 0 saturated carbocycles. The predicted molar refractivity (Wildman–Crippen MR) is 48.8 cm³/mol. The van der Waals surface area contributed by atoms with E-state index in [0.29, 0.717) is 0 Å². The maximum Gasteiger partial charge on any atom is 0.0869 e. The Morgan fingerprint density at radius 3 is 3.00 bits per heavy atom. The summed E-state index contributed by atoms with van der Waals surface area (Å²) in [6.07, 6.45) is 3.71. The largest absolute Gasteiger partial charge is 0.391 e. The number of aryl methyl sites for hydroxylation is 1. The summed E-state index contributed by atoms with van der Waals surface area (Å²) in [6, 6.07) is 2.00. The summed E-state index contributed by atoms with van der Waals surface area (Å²) in [6.45, 7) is 2.04. The Bertz CT molecular complexity index is 392. The molecule has 2 nitrogen and oxygen atoms in total. The number of nitrogens with zero attached hydrogens (tertiary/aromatic N) is 1. The van der Waals surface area contributed by atoms with Crippen LogP contribution in [0.1, 0.15) is 5.56 Å². The fourth-order valence-corrected chi connectivity index (χ4v) is 1.99. The molecule has 0 aliphatic heterocycles. The van der Waals surface area contributed by atoms with Crippen LogP contribution in [0, 0.1) is 6.92 Å². The molecule has 3 heteroatoms. The van der Waals surface area contributed by atoms with Crippen LogP contribution in [0.3, 0.4) is 0 Å². The summed E-state index contributed by atoms with van der Waals surface area (Å²) < 4.78 is 1.17. The van der Waals surface area contributed by atoms with Crippen molar-refractivity contribution in [1.29, 1.82) is 0 Å². The molecule has 11 heavy (non-hydrogen) atoms. The molecular weight excluding hydrogens is 156 g/mol. The Morgan fingerprint density at radius 1 is 1.45 bits per heavy atom. The van der Waals surface area contributed by atoms with Crippen molar-refractivity contribution in [3.8, 4) is 0 Å². The second kappa shape index (κ2) is 2.20. The first-order valence-corrected chi connectivity index (χ1v) is 4.18. The van der Waals surface area contributed by atoms with Crippen molar-refractivity contribution in [3.63, 3.8) is 0 Å². The molecule has 2 heterocycles. The standard InChI is InChI=1S/C8H8N2S/c1-5-3-10-4-7-6(5)2-8(9)11-7/h2-4H,9H2,1H3. The zero-order chi connectivity index (χ0) is 7.84. The molecule has 0 amide bonds. The molecule has 0 spiro atoms. The Kier molecular flexibility index (Phi) is 1.32. The molecule has 0 aliphatic carbocycles. The number of pyridine rings is 1. The van der Waals surface area contributed by atoms with Crippen LogP contribution in [0.25, 0.3) is 10.1 Å². The summed E-state index contributed by atoms with van der Waals surface area (Å²) in [5.41, 5.74) is 6.84. The van der Waals surface area contributed by atoms with E-state index in [1.807, 2.05) is 25.4 Å². The van der Waals surface area contributed by atoms with Gasteiger partial charge in [-0.1, -0.05) is 0 Å². The van der Waals surface area contributed by atoms with Crippen molar-refractivity contribution in [2.24, 2.45) is 0 Å². The number of hydrogen-bond acceptors (Lipinski definition) is 3. The van der Waals surface area contributed by atoms with Crippen LogP contribution in [0.2, 0.25) is 0 Å². The number of fused-ring (bicyclic) bond motifs is 1. The minimum Gasteiger partial charge on any atom is -0.391 e. The van der Waals surface area contributed by atoms with Crippen LogP contribution in [-0.4, -0.2) is 4.98 Å². The number of hydrogen-bond donors (Lipinski definition) is 1. The van der Waals surface area contributed by atoms with Gasteiger partial charge < -0.3 is 5.73 Å². The monoisotopic (exact) mass is 164 g/mol. The third kappa shape index (κ3) is 0.973. The van der Waals surface area contributed by atoms with Gasteiger partial charge in [0.2, 0.25) is 0 Å². The van der Waals surface area contributed by atoms with E-state index >= 15 is 0 Å². The van der Waals surface area contributed by atoms with Gasteiger partial charge in [0.05, 0.1) is 9.70 Å². The SMILES string of the molecule is Cc1cncc2sc(N)cc12. The number of rotatable bonds is 0. The van der Waals surface area contributed by atoms with Crippen LogP contribution in [-0.2, 0) is 0 Å². The lowest BCUT2D eigenvalue weighted by Gasteiger charge is -1.90. The van der Waals surface area contributed by atoms with Gasteiger partial charge in [-0.15, -0.1) is 11.3 Å². The third-order valence-corrected chi connectivity index (χ3v) is 2.56. The van der Waals surface area contributed by atoms with E-state index in [1.54, 1.807) is 11.3 Å². The van der Waals surface area contributed by atoms with E-state index in [1.165, 1.54) is 15.6 Å². The molecular formula is C8H8N2S. The first kappa shape index (κ1) is 6.61. The molecule has 0 saturated heterocycles. The van der Waals surface area contributed by atoms with Gasteiger partial charge in [-0.2, -0.15) is 0 Å². The van der Waals surface area contributed by atoms with Crippen molar-refractivity contribution in [3.05, 3.63) is 24.0 Å². The van der Waals surface area contributed by atoms with Gasteiger partial charge >= 0.3 is 0 Å². The highest BCUT2D eigenvalue weighted by Crippen LogP contribution is 2.28. The number of aromatic nitrogens is 1. The molecule has 0 radical (unpaired) electrons. The van der Waals surface area contributed by atoms with Gasteiger partial charge in [0, 0.05) is 17.8 Å². The summed E-state index contributed by atoms with van der Waals surface area (Å²) in [5, 5.41) is 2.08. The highest BCUT2D eigenvalue weighted by atomic mass is 32.1. The van der Waals surface area contributed by atoms with Gasteiger partial charge in [-0.25, -0.2) is 0 Å². The maximum absolute atomic E-state index is 5.65. The Hall–Kier alpha value is -1.09. The lowest BCUT2D eigenvalue weighted by atomic mass is 10.2. The van der Waals surface area contributed by atoms with Crippen molar-refractivity contribution in [2.45, 2.75) is 6.92 Å². The Morgan fingerprint density at radius 2 is 2.27 bits per heavy atom. The molecule has 0 aliphatic rings. The summed E-state index contributed by atoms with van der Waals surface area (Å²) in [5.74, 6) is 0. The first-order chi connectivity index (χ1) is 5.27. The minimum absolute atomic E-state index is 0.858. The van der Waals surface area contributed by atoms with Crippen molar-refractivity contribution in [1.82, 2.24) is 4.98 Å². The van der Waals surface area contributed by atoms with Crippen molar-refractivity contribution in [2.75, 3.05) is 5.73 Å². The molecule has 0 unspecified atom stereocenters. The van der Waals surface area contributed by atoms with Crippen LogP contribution in [0.15, 0.2) is 18.5 Å². The van der Waals surface area contributed by atoms with Crippen LogP contribution < -0.4 is 5.73 Å². The number of thiophene rings is 1. The zero-order valence-electron chi connectivity index (χ0n) is 6.16. The normalized spacial score (nSPS) is 10.6. The van der Waals surface area contributed by atoms with E-state index in [2.05, 4.69) is 4.98 Å². The fraction of sp³-hybridized carbons (Fsp3) is 0.125. The molecule has 2 aromatic heterocycles. The van der Waals surface area contributed by atoms with Crippen LogP contribution >= 0.6 is 11.3 Å². The van der Waals surface area contributed by atoms with Gasteiger partial charge in [-0.3, -0.25) is 4.98 Å². The lowest BCUT2D eigenvalue weighted by Crippen LogP contribution is -1.75. The van der Waals surface area contributed by atoms with Crippen molar-refractivity contribution < 1.29 is 0 Å². The van der Waals surface area contributed by atoms with E-state index in [4.69, 9.17) is 5.73 Å². The molecule has 2 aromatic rings. The Labute approximate surface area is 68.7 Å². The van der Waals surface area contributed by atoms with E-state index in [-0.39, 0.29) is 0 Å². The van der Waals surface area contributed by atoms with Crippen molar-refractivity contribution >= 4 is 26.4 Å². The second-order valence-corrected chi connectivity index (χ2v) is 3.63. The summed E-state index contributed by atoms with van der Waals surface area (Å²) >= 11 is 1.58. The molecule has 0 aromatic carbocycles. The molecule has 0 fully saturated rings. The third-order valence-electron chi connectivity index (χ3n) is 1.66. The topological polar surface area (TPSA) is 38.9 Å². The van der Waals surface area contributed by atoms with E-state index < -0.39 is 0 Å². The number of anilines is 1. The zero-order valence-corrected chi connectivity index (χ0v) is 6.98. The predicted octanol–water partition coefficient (Wildman–Crippen LogP) is 2.19. The number of nitrogens with two attached hydrogens (primary N) is 1. The van der Waals surface area contributed by atoms with Gasteiger partial charge in [0.15, 0.2) is 0 Å². The highest BCUT2D eigenvalue weighted by molar-refractivity contribution is 7.22. The maximum atomic E-state index is 5.65. The number of nitrogen functional groups attached to an aromatic ring is 1. The second-order valence-electron chi connectivity index (χ2n) is 2.52. The summed E-state index contributed by atoms with van der Waals surface area (Å²) in [4.78, 5) is 4.08. The smallest absolute Gasteiger partial charge is 0.0869 e. The molecule has 0 bridgehead atoms. The molecule has 2 N–H and O–H groups in total. The minimum atomic E-state index is 0.858.